The first-order chi connectivity index (χ1) is 11.4. The number of pyridine rings is 2. The van der Waals surface area contributed by atoms with E-state index in [0.29, 0.717) is 16.7 Å². The minimum absolute atomic E-state index is 0.0210. The van der Waals surface area contributed by atoms with Gasteiger partial charge in [0.15, 0.2) is 0 Å². The number of nitrogens with zero attached hydrogens (tertiary/aromatic N) is 2. The lowest BCUT2D eigenvalue weighted by Gasteiger charge is -2.19. The Bertz CT molecular complexity index is 1060. The molecule has 4 heteroatoms. The zero-order valence-electron chi connectivity index (χ0n) is 13.8. The standard InChI is InChI=1S/C20H17FN2O/c1-20(2,3)12-7-9-22-16(11-12)13-5-4-6-14-17-15(21)8-10-23-19(17)24-18(13)14/h4-11H,1-3H3. The van der Waals surface area contributed by atoms with Crippen molar-refractivity contribution in [3.8, 4) is 11.3 Å². The van der Waals surface area contributed by atoms with Gasteiger partial charge in [0.2, 0.25) is 5.71 Å². The number of furan rings is 1. The lowest BCUT2D eigenvalue weighted by atomic mass is 9.87. The van der Waals surface area contributed by atoms with Gasteiger partial charge in [0.05, 0.1) is 11.1 Å². The molecule has 0 aliphatic heterocycles. The van der Waals surface area contributed by atoms with Gasteiger partial charge in [-0.3, -0.25) is 4.98 Å². The summed E-state index contributed by atoms with van der Waals surface area (Å²) >= 11 is 0. The van der Waals surface area contributed by atoms with Gasteiger partial charge >= 0.3 is 0 Å². The van der Waals surface area contributed by atoms with Gasteiger partial charge in [-0.1, -0.05) is 32.9 Å². The van der Waals surface area contributed by atoms with E-state index >= 15 is 0 Å². The van der Waals surface area contributed by atoms with Crippen LogP contribution in [-0.2, 0) is 5.41 Å². The number of aromatic nitrogens is 2. The van der Waals surface area contributed by atoms with Crippen molar-refractivity contribution in [3.05, 3.63) is 60.2 Å². The third-order valence-electron chi connectivity index (χ3n) is 4.25. The van der Waals surface area contributed by atoms with Gasteiger partial charge in [0.25, 0.3) is 0 Å². The molecule has 120 valence electrons. The fourth-order valence-electron chi connectivity index (χ4n) is 2.93. The first kappa shape index (κ1) is 14.8. The number of benzene rings is 1. The molecule has 1 aromatic carbocycles. The monoisotopic (exact) mass is 320 g/mol. The Morgan fingerprint density at radius 3 is 2.58 bits per heavy atom. The summed E-state index contributed by atoms with van der Waals surface area (Å²) in [5.41, 5.74) is 3.79. The van der Waals surface area contributed by atoms with E-state index in [1.807, 2.05) is 24.3 Å². The van der Waals surface area contributed by atoms with Crippen LogP contribution in [0.3, 0.4) is 0 Å². The van der Waals surface area contributed by atoms with E-state index in [1.165, 1.54) is 17.8 Å². The molecule has 0 aliphatic rings. The second-order valence-electron chi connectivity index (χ2n) is 6.94. The van der Waals surface area contributed by atoms with Crippen LogP contribution in [0.4, 0.5) is 4.39 Å². The fraction of sp³-hybridized carbons (Fsp3) is 0.200. The number of hydrogen-bond donors (Lipinski definition) is 0. The minimum atomic E-state index is -0.327. The topological polar surface area (TPSA) is 38.9 Å². The van der Waals surface area contributed by atoms with Gasteiger partial charge in [-0.05, 0) is 35.2 Å². The van der Waals surface area contributed by atoms with Gasteiger partial charge in [-0.15, -0.1) is 0 Å². The van der Waals surface area contributed by atoms with Gasteiger partial charge in [0.1, 0.15) is 11.4 Å². The molecule has 0 amide bonds. The smallest absolute Gasteiger partial charge is 0.230 e. The first-order valence-corrected chi connectivity index (χ1v) is 7.88. The highest BCUT2D eigenvalue weighted by Crippen LogP contribution is 2.36. The SMILES string of the molecule is CC(C)(C)c1ccnc(-c2cccc3c2oc2nccc(F)c23)c1. The minimum Gasteiger partial charge on any atom is -0.437 e. The number of fused-ring (bicyclic) bond motifs is 3. The molecule has 4 aromatic rings. The van der Waals surface area contributed by atoms with Crippen LogP contribution in [0.2, 0.25) is 0 Å². The van der Waals surface area contributed by atoms with Crippen LogP contribution in [-0.4, -0.2) is 9.97 Å². The number of para-hydroxylation sites is 1. The highest BCUT2D eigenvalue weighted by molar-refractivity contribution is 6.08. The summed E-state index contributed by atoms with van der Waals surface area (Å²) in [5.74, 6) is -0.327. The van der Waals surface area contributed by atoms with Crippen LogP contribution in [0, 0.1) is 5.82 Å². The van der Waals surface area contributed by atoms with E-state index < -0.39 is 0 Å². The fourth-order valence-corrected chi connectivity index (χ4v) is 2.93. The van der Waals surface area contributed by atoms with Crippen molar-refractivity contribution in [2.75, 3.05) is 0 Å². The average molecular weight is 320 g/mol. The molecule has 0 saturated carbocycles. The van der Waals surface area contributed by atoms with Crippen LogP contribution in [0.15, 0.2) is 53.2 Å². The van der Waals surface area contributed by atoms with E-state index in [1.54, 1.807) is 6.20 Å². The molecular weight excluding hydrogens is 303 g/mol. The molecule has 0 unspecified atom stereocenters. The highest BCUT2D eigenvalue weighted by atomic mass is 19.1. The van der Waals surface area contributed by atoms with Crippen molar-refractivity contribution in [2.45, 2.75) is 26.2 Å². The van der Waals surface area contributed by atoms with Crippen molar-refractivity contribution in [3.63, 3.8) is 0 Å². The maximum Gasteiger partial charge on any atom is 0.230 e. The van der Waals surface area contributed by atoms with Crippen LogP contribution in [0.5, 0.6) is 0 Å². The largest absolute Gasteiger partial charge is 0.437 e. The highest BCUT2D eigenvalue weighted by Gasteiger charge is 2.18. The van der Waals surface area contributed by atoms with Gasteiger partial charge in [0, 0.05) is 23.3 Å². The molecule has 0 radical (unpaired) electrons. The molecule has 0 bridgehead atoms. The van der Waals surface area contributed by atoms with Gasteiger partial charge in [-0.2, -0.15) is 0 Å². The molecule has 0 saturated heterocycles. The van der Waals surface area contributed by atoms with E-state index in [-0.39, 0.29) is 11.2 Å². The summed E-state index contributed by atoms with van der Waals surface area (Å²) < 4.78 is 20.0. The summed E-state index contributed by atoms with van der Waals surface area (Å²) in [5, 5.41) is 1.14. The molecule has 0 N–H and O–H groups in total. The van der Waals surface area contributed by atoms with E-state index in [2.05, 4.69) is 36.8 Å². The predicted octanol–water partition coefficient (Wildman–Crippen LogP) is 5.48. The third kappa shape index (κ3) is 2.26. The van der Waals surface area contributed by atoms with Crippen LogP contribution < -0.4 is 0 Å². The lowest BCUT2D eigenvalue weighted by molar-refractivity contribution is 0.589. The van der Waals surface area contributed by atoms with Crippen molar-refractivity contribution in [1.29, 1.82) is 0 Å². The molecule has 0 spiro atoms. The third-order valence-corrected chi connectivity index (χ3v) is 4.25. The molecular formula is C20H17FN2O. The Morgan fingerprint density at radius 1 is 1.00 bits per heavy atom. The molecule has 0 atom stereocenters. The zero-order valence-corrected chi connectivity index (χ0v) is 13.8. The molecule has 0 aliphatic carbocycles. The zero-order chi connectivity index (χ0) is 16.9. The Hall–Kier alpha value is -2.75. The van der Waals surface area contributed by atoms with Crippen LogP contribution in [0.1, 0.15) is 26.3 Å². The second kappa shape index (κ2) is 5.13. The quantitative estimate of drug-likeness (QED) is 0.466. The number of halogens is 1. The van der Waals surface area contributed by atoms with Crippen LogP contribution in [0.25, 0.3) is 33.3 Å². The maximum atomic E-state index is 14.2. The summed E-state index contributed by atoms with van der Waals surface area (Å²) in [7, 11) is 0. The van der Waals surface area contributed by atoms with E-state index in [0.717, 1.165) is 16.6 Å². The molecule has 3 nitrogen and oxygen atoms in total. The van der Waals surface area contributed by atoms with Crippen molar-refractivity contribution < 1.29 is 8.81 Å². The Kier molecular flexibility index (Phi) is 3.17. The van der Waals surface area contributed by atoms with Crippen molar-refractivity contribution in [1.82, 2.24) is 9.97 Å². The predicted molar refractivity (Wildman–Crippen MR) is 93.4 cm³/mol. The molecule has 3 heterocycles. The summed E-state index contributed by atoms with van der Waals surface area (Å²) in [6.07, 6.45) is 3.22. The summed E-state index contributed by atoms with van der Waals surface area (Å²) in [4.78, 5) is 8.64. The van der Waals surface area contributed by atoms with Gasteiger partial charge in [-0.25, -0.2) is 9.37 Å². The second-order valence-corrected chi connectivity index (χ2v) is 6.94. The number of rotatable bonds is 1. The van der Waals surface area contributed by atoms with Gasteiger partial charge < -0.3 is 4.42 Å². The average Bonchev–Trinajstić information content (AvgIpc) is 2.94. The van der Waals surface area contributed by atoms with Crippen molar-refractivity contribution >= 4 is 22.1 Å². The molecule has 0 fully saturated rings. The Morgan fingerprint density at radius 2 is 1.79 bits per heavy atom. The normalized spacial score (nSPS) is 12.2. The molecule has 4 rings (SSSR count). The van der Waals surface area contributed by atoms with E-state index in [9.17, 15) is 4.39 Å². The maximum absolute atomic E-state index is 14.2. The molecule has 3 aromatic heterocycles. The van der Waals surface area contributed by atoms with Crippen molar-refractivity contribution in [2.24, 2.45) is 0 Å². The van der Waals surface area contributed by atoms with E-state index in [4.69, 9.17) is 4.42 Å². The first-order valence-electron chi connectivity index (χ1n) is 7.88. The summed E-state index contributed by atoms with van der Waals surface area (Å²) in [6.45, 7) is 6.48. The Labute approximate surface area is 139 Å². The lowest BCUT2D eigenvalue weighted by Crippen LogP contribution is -2.11. The summed E-state index contributed by atoms with van der Waals surface area (Å²) in [6, 6.07) is 11.1. The van der Waals surface area contributed by atoms with Crippen LogP contribution >= 0.6 is 0 Å². The molecule has 24 heavy (non-hydrogen) atoms. The number of hydrogen-bond acceptors (Lipinski definition) is 3. The Balaban J connectivity index is 2.02.